The monoisotopic (exact) mass is 245 g/mol. The van der Waals surface area contributed by atoms with Crippen molar-refractivity contribution < 1.29 is 14.6 Å². The van der Waals surface area contributed by atoms with Gasteiger partial charge in [-0.3, -0.25) is 4.98 Å². The molecule has 0 unspecified atom stereocenters. The number of rotatable bonds is 4. The fourth-order valence-corrected chi connectivity index (χ4v) is 1.42. The zero-order valence-electron chi connectivity index (χ0n) is 9.70. The maximum atomic E-state index is 10.4. The first kappa shape index (κ1) is 12.0. The lowest BCUT2D eigenvalue weighted by atomic mass is 10.2. The van der Waals surface area contributed by atoms with E-state index in [0.717, 1.165) is 5.56 Å². The van der Waals surface area contributed by atoms with E-state index in [4.69, 9.17) is 9.84 Å². The second kappa shape index (κ2) is 5.22. The van der Waals surface area contributed by atoms with Crippen LogP contribution < -0.4 is 4.74 Å². The molecule has 6 nitrogen and oxygen atoms in total. The van der Waals surface area contributed by atoms with E-state index in [9.17, 15) is 4.79 Å². The molecule has 1 N–H and O–H groups in total. The molecule has 0 aliphatic carbocycles. The van der Waals surface area contributed by atoms with Crippen LogP contribution in [0, 0.1) is 6.92 Å². The molecular weight excluding hydrogens is 234 g/mol. The third-order valence-corrected chi connectivity index (χ3v) is 2.13. The first-order chi connectivity index (χ1) is 8.65. The summed E-state index contributed by atoms with van der Waals surface area (Å²) in [6, 6.07) is 5.22. The van der Waals surface area contributed by atoms with Gasteiger partial charge in [-0.15, -0.1) is 0 Å². The molecule has 6 heteroatoms. The van der Waals surface area contributed by atoms with E-state index in [1.807, 2.05) is 12.1 Å². The summed E-state index contributed by atoms with van der Waals surface area (Å²) in [5.74, 6) is -0.280. The van der Waals surface area contributed by atoms with Gasteiger partial charge < -0.3 is 9.84 Å². The Morgan fingerprint density at radius 3 is 2.72 bits per heavy atom. The summed E-state index contributed by atoms with van der Waals surface area (Å²) in [6.07, 6.45) is 3.31. The molecule has 0 spiro atoms. The van der Waals surface area contributed by atoms with E-state index < -0.39 is 12.6 Å². The van der Waals surface area contributed by atoms with Crippen LogP contribution in [-0.4, -0.2) is 32.6 Å². The van der Waals surface area contributed by atoms with Gasteiger partial charge in [-0.1, -0.05) is 0 Å². The molecule has 2 heterocycles. The lowest BCUT2D eigenvalue weighted by Crippen LogP contribution is -2.11. The number of ether oxygens (including phenoxy) is 1. The molecule has 92 valence electrons. The van der Waals surface area contributed by atoms with Gasteiger partial charge in [0.25, 0.3) is 0 Å². The van der Waals surface area contributed by atoms with Crippen molar-refractivity contribution in [2.24, 2.45) is 0 Å². The molecule has 2 rings (SSSR count). The second-order valence-corrected chi connectivity index (χ2v) is 3.56. The Hall–Kier alpha value is -2.50. The number of carboxylic acids is 1. The lowest BCUT2D eigenvalue weighted by Gasteiger charge is -2.06. The number of pyridine rings is 1. The van der Waals surface area contributed by atoms with Crippen LogP contribution in [0.15, 0.2) is 30.6 Å². The third-order valence-electron chi connectivity index (χ3n) is 2.13. The van der Waals surface area contributed by atoms with Crippen LogP contribution in [0.2, 0.25) is 0 Å². The van der Waals surface area contributed by atoms with Crippen LogP contribution in [0.1, 0.15) is 5.82 Å². The van der Waals surface area contributed by atoms with Crippen molar-refractivity contribution >= 4 is 5.97 Å². The molecule has 18 heavy (non-hydrogen) atoms. The lowest BCUT2D eigenvalue weighted by molar-refractivity contribution is -0.139. The molecule has 2 aromatic rings. The predicted molar refractivity (Wildman–Crippen MR) is 63.1 cm³/mol. The molecule has 0 aliphatic rings. The van der Waals surface area contributed by atoms with Gasteiger partial charge in [0.1, 0.15) is 5.82 Å². The molecule has 0 saturated heterocycles. The Morgan fingerprint density at radius 1 is 1.33 bits per heavy atom. The minimum absolute atomic E-state index is 0.247. The van der Waals surface area contributed by atoms with Crippen molar-refractivity contribution in [2.45, 2.75) is 6.92 Å². The Kier molecular flexibility index (Phi) is 3.47. The van der Waals surface area contributed by atoms with Crippen LogP contribution in [0.3, 0.4) is 0 Å². The van der Waals surface area contributed by atoms with E-state index in [2.05, 4.69) is 15.0 Å². The first-order valence-corrected chi connectivity index (χ1v) is 5.26. The molecule has 0 bridgehead atoms. The molecule has 0 fully saturated rings. The van der Waals surface area contributed by atoms with Crippen molar-refractivity contribution in [3.8, 4) is 17.1 Å². The number of aromatic nitrogens is 3. The Morgan fingerprint density at radius 2 is 2.06 bits per heavy atom. The van der Waals surface area contributed by atoms with Crippen LogP contribution in [0.5, 0.6) is 5.88 Å². The van der Waals surface area contributed by atoms with Crippen molar-refractivity contribution in [3.05, 3.63) is 36.4 Å². The summed E-state index contributed by atoms with van der Waals surface area (Å²) in [5, 5.41) is 8.55. The topological polar surface area (TPSA) is 85.2 Å². The zero-order valence-corrected chi connectivity index (χ0v) is 9.70. The Labute approximate surface area is 103 Å². The minimum atomic E-state index is -1.04. The smallest absolute Gasteiger partial charge is 0.341 e. The average Bonchev–Trinajstić information content (AvgIpc) is 2.37. The number of hydrogen-bond donors (Lipinski definition) is 1. The van der Waals surface area contributed by atoms with E-state index in [1.165, 1.54) is 0 Å². The van der Waals surface area contributed by atoms with Crippen LogP contribution in [-0.2, 0) is 4.79 Å². The van der Waals surface area contributed by atoms with E-state index in [0.29, 0.717) is 11.5 Å². The van der Waals surface area contributed by atoms with Crippen molar-refractivity contribution in [2.75, 3.05) is 6.61 Å². The third kappa shape index (κ3) is 3.00. The Bertz CT molecular complexity index is 558. The second-order valence-electron chi connectivity index (χ2n) is 3.56. The summed E-state index contributed by atoms with van der Waals surface area (Å²) >= 11 is 0. The van der Waals surface area contributed by atoms with Crippen LogP contribution in [0.25, 0.3) is 11.3 Å². The molecule has 0 amide bonds. The van der Waals surface area contributed by atoms with Gasteiger partial charge in [0.2, 0.25) is 5.88 Å². The average molecular weight is 245 g/mol. The van der Waals surface area contributed by atoms with Gasteiger partial charge in [-0.25, -0.2) is 9.78 Å². The minimum Gasteiger partial charge on any atom is -0.479 e. The normalized spacial score (nSPS) is 10.1. The summed E-state index contributed by atoms with van der Waals surface area (Å²) in [7, 11) is 0. The molecule has 0 aliphatic heterocycles. The fourth-order valence-electron chi connectivity index (χ4n) is 1.42. The van der Waals surface area contributed by atoms with Gasteiger partial charge in [-0.2, -0.15) is 4.98 Å². The molecule has 0 radical (unpaired) electrons. The number of aryl methyl sites for hydroxylation is 1. The molecule has 0 aromatic carbocycles. The fraction of sp³-hybridized carbons (Fsp3) is 0.167. The highest BCUT2D eigenvalue weighted by Gasteiger charge is 2.06. The molecular formula is C12H11N3O3. The van der Waals surface area contributed by atoms with Gasteiger partial charge in [0.05, 0.1) is 5.69 Å². The van der Waals surface area contributed by atoms with Crippen LogP contribution in [0.4, 0.5) is 0 Å². The number of carboxylic acid groups (broad SMARTS) is 1. The van der Waals surface area contributed by atoms with Gasteiger partial charge in [0, 0.05) is 24.0 Å². The quantitative estimate of drug-likeness (QED) is 0.874. The standard InChI is InChI=1S/C12H11N3O3/c1-8-14-10(9-2-4-13-5-3-9)6-11(15-8)18-7-12(16)17/h2-6H,7H2,1H3,(H,16,17). The highest BCUT2D eigenvalue weighted by molar-refractivity contribution is 5.68. The highest BCUT2D eigenvalue weighted by atomic mass is 16.5. The molecule has 0 atom stereocenters. The van der Waals surface area contributed by atoms with Crippen molar-refractivity contribution in [1.82, 2.24) is 15.0 Å². The number of carbonyl (C=O) groups is 1. The van der Waals surface area contributed by atoms with E-state index >= 15 is 0 Å². The summed E-state index contributed by atoms with van der Waals surface area (Å²) in [4.78, 5) is 22.6. The maximum absolute atomic E-state index is 10.4. The van der Waals surface area contributed by atoms with E-state index in [1.54, 1.807) is 25.4 Å². The number of nitrogens with zero attached hydrogens (tertiary/aromatic N) is 3. The van der Waals surface area contributed by atoms with Gasteiger partial charge in [-0.05, 0) is 19.1 Å². The zero-order chi connectivity index (χ0) is 13.0. The summed E-state index contributed by atoms with van der Waals surface area (Å²) in [5.41, 5.74) is 1.54. The number of aliphatic carboxylic acids is 1. The van der Waals surface area contributed by atoms with Gasteiger partial charge >= 0.3 is 5.97 Å². The van der Waals surface area contributed by atoms with Gasteiger partial charge in [0.15, 0.2) is 6.61 Å². The summed E-state index contributed by atoms with van der Waals surface area (Å²) in [6.45, 7) is 1.30. The summed E-state index contributed by atoms with van der Waals surface area (Å²) < 4.78 is 5.04. The number of hydrogen-bond acceptors (Lipinski definition) is 5. The SMILES string of the molecule is Cc1nc(OCC(=O)O)cc(-c2ccncc2)n1. The van der Waals surface area contributed by atoms with E-state index in [-0.39, 0.29) is 5.88 Å². The van der Waals surface area contributed by atoms with Crippen molar-refractivity contribution in [3.63, 3.8) is 0 Å². The predicted octanol–water partition coefficient (Wildman–Crippen LogP) is 1.31. The van der Waals surface area contributed by atoms with Crippen molar-refractivity contribution in [1.29, 1.82) is 0 Å². The molecule has 0 saturated carbocycles. The first-order valence-electron chi connectivity index (χ1n) is 5.26. The highest BCUT2D eigenvalue weighted by Crippen LogP contribution is 2.19. The Balaban J connectivity index is 2.29. The van der Waals surface area contributed by atoms with Crippen LogP contribution >= 0.6 is 0 Å². The molecule has 2 aromatic heterocycles. The maximum Gasteiger partial charge on any atom is 0.341 e. The largest absolute Gasteiger partial charge is 0.479 e.